The first-order valence-electron chi connectivity index (χ1n) is 8.88. The molecule has 0 fully saturated rings. The number of carbonyl (C=O) groups is 2. The molecule has 26 heavy (non-hydrogen) atoms. The van der Waals surface area contributed by atoms with Crippen LogP contribution in [0.15, 0.2) is 48.5 Å². The van der Waals surface area contributed by atoms with Crippen molar-refractivity contribution in [1.82, 2.24) is 0 Å². The number of ether oxygens (including phenoxy) is 1. The maximum absolute atomic E-state index is 13.1. The normalized spacial score (nSPS) is 15.0. The van der Waals surface area contributed by atoms with Crippen molar-refractivity contribution in [3.63, 3.8) is 0 Å². The molecule has 5 rings (SSSR count). The van der Waals surface area contributed by atoms with Crippen molar-refractivity contribution in [2.45, 2.75) is 19.8 Å². The summed E-state index contributed by atoms with van der Waals surface area (Å²) in [6.45, 7) is 2.49. The van der Waals surface area contributed by atoms with Gasteiger partial charge in [-0.05, 0) is 72.7 Å². The van der Waals surface area contributed by atoms with Gasteiger partial charge in [0.25, 0.3) is 11.8 Å². The number of benzene rings is 3. The fourth-order valence-corrected chi connectivity index (χ4v) is 4.11. The molecule has 2 amide bonds. The van der Waals surface area contributed by atoms with E-state index in [2.05, 4.69) is 0 Å². The minimum absolute atomic E-state index is 0.262. The van der Waals surface area contributed by atoms with Gasteiger partial charge in [-0.15, -0.1) is 0 Å². The summed E-state index contributed by atoms with van der Waals surface area (Å²) in [6.07, 6.45) is 1.95. The lowest BCUT2D eigenvalue weighted by Gasteiger charge is -2.27. The van der Waals surface area contributed by atoms with Crippen molar-refractivity contribution in [2.75, 3.05) is 11.5 Å². The number of anilines is 1. The van der Waals surface area contributed by atoms with Crippen molar-refractivity contribution in [3.8, 4) is 5.75 Å². The van der Waals surface area contributed by atoms with E-state index in [1.807, 2.05) is 31.2 Å². The highest BCUT2D eigenvalue weighted by atomic mass is 16.5. The van der Waals surface area contributed by atoms with Gasteiger partial charge in [0.05, 0.1) is 12.3 Å². The maximum Gasteiger partial charge on any atom is 0.265 e. The van der Waals surface area contributed by atoms with Gasteiger partial charge < -0.3 is 4.74 Å². The van der Waals surface area contributed by atoms with Crippen LogP contribution in [0.5, 0.6) is 5.75 Å². The Morgan fingerprint density at radius 2 is 1.38 bits per heavy atom. The van der Waals surface area contributed by atoms with E-state index in [0.29, 0.717) is 23.4 Å². The Morgan fingerprint density at radius 1 is 0.808 bits per heavy atom. The number of amides is 2. The number of nitrogens with zero attached hydrogens (tertiary/aromatic N) is 1. The highest BCUT2D eigenvalue weighted by molar-refractivity contribution is 6.36. The van der Waals surface area contributed by atoms with Crippen molar-refractivity contribution >= 4 is 28.3 Å². The van der Waals surface area contributed by atoms with Crippen LogP contribution in [-0.2, 0) is 12.8 Å². The first kappa shape index (κ1) is 15.1. The molecule has 0 spiro atoms. The average molecular weight is 343 g/mol. The SMILES string of the molecule is CCOc1ccc(N2C(=O)c3ccc4c5c(ccc(c35)C2=O)CC4)cc1. The summed E-state index contributed by atoms with van der Waals surface area (Å²) in [4.78, 5) is 27.6. The molecule has 1 heterocycles. The first-order chi connectivity index (χ1) is 12.7. The van der Waals surface area contributed by atoms with E-state index in [9.17, 15) is 9.59 Å². The summed E-state index contributed by atoms with van der Waals surface area (Å²) in [5.41, 5.74) is 4.24. The standard InChI is InChI=1S/C22H17NO3/c1-2-26-16-9-7-15(8-10-16)23-21(24)17-11-5-13-3-4-14-6-12-18(22(23)25)20(17)19(13)14/h5-12H,2-4H2,1H3. The monoisotopic (exact) mass is 343 g/mol. The Hall–Kier alpha value is -3.14. The van der Waals surface area contributed by atoms with Gasteiger partial charge in [-0.25, -0.2) is 4.90 Å². The van der Waals surface area contributed by atoms with E-state index < -0.39 is 0 Å². The Morgan fingerprint density at radius 3 is 1.92 bits per heavy atom. The van der Waals surface area contributed by atoms with Gasteiger partial charge in [0.2, 0.25) is 0 Å². The van der Waals surface area contributed by atoms with E-state index in [4.69, 9.17) is 4.74 Å². The molecule has 0 N–H and O–H groups in total. The fraction of sp³-hybridized carbons (Fsp3) is 0.182. The third-order valence-corrected chi connectivity index (χ3v) is 5.27. The smallest absolute Gasteiger partial charge is 0.265 e. The van der Waals surface area contributed by atoms with E-state index in [1.165, 1.54) is 16.0 Å². The minimum Gasteiger partial charge on any atom is -0.494 e. The molecular weight excluding hydrogens is 326 g/mol. The largest absolute Gasteiger partial charge is 0.494 e. The van der Waals surface area contributed by atoms with Gasteiger partial charge >= 0.3 is 0 Å². The van der Waals surface area contributed by atoms with Crippen molar-refractivity contribution < 1.29 is 14.3 Å². The second kappa shape index (κ2) is 5.43. The van der Waals surface area contributed by atoms with Crippen LogP contribution >= 0.6 is 0 Å². The molecule has 0 radical (unpaired) electrons. The number of imide groups is 1. The van der Waals surface area contributed by atoms with Crippen LogP contribution in [0.1, 0.15) is 38.8 Å². The summed E-state index contributed by atoms with van der Waals surface area (Å²) >= 11 is 0. The van der Waals surface area contributed by atoms with Gasteiger partial charge in [0.15, 0.2) is 0 Å². The van der Waals surface area contributed by atoms with E-state index >= 15 is 0 Å². The maximum atomic E-state index is 13.1. The van der Waals surface area contributed by atoms with Gasteiger partial charge in [0.1, 0.15) is 5.75 Å². The summed E-state index contributed by atoms with van der Waals surface area (Å²) in [6, 6.07) is 14.9. The van der Waals surface area contributed by atoms with Crippen LogP contribution in [-0.4, -0.2) is 18.4 Å². The van der Waals surface area contributed by atoms with E-state index in [1.54, 1.807) is 24.3 Å². The molecule has 0 saturated carbocycles. The second-order valence-corrected chi connectivity index (χ2v) is 6.67. The molecule has 0 saturated heterocycles. The molecule has 3 aromatic carbocycles. The average Bonchev–Trinajstić information content (AvgIpc) is 3.08. The molecule has 3 aromatic rings. The Kier molecular flexibility index (Phi) is 3.16. The molecule has 0 aromatic heterocycles. The highest BCUT2D eigenvalue weighted by Crippen LogP contribution is 2.39. The zero-order valence-electron chi connectivity index (χ0n) is 14.4. The van der Waals surface area contributed by atoms with E-state index in [-0.39, 0.29) is 11.8 Å². The van der Waals surface area contributed by atoms with Crippen LogP contribution < -0.4 is 9.64 Å². The van der Waals surface area contributed by atoms with E-state index in [0.717, 1.165) is 29.4 Å². The Bertz CT molecular complexity index is 1020. The van der Waals surface area contributed by atoms with Crippen molar-refractivity contribution in [2.24, 2.45) is 0 Å². The molecule has 1 aliphatic heterocycles. The minimum atomic E-state index is -0.262. The van der Waals surface area contributed by atoms with Crippen LogP contribution in [0.25, 0.3) is 10.8 Å². The van der Waals surface area contributed by atoms with Gasteiger partial charge in [0, 0.05) is 16.5 Å². The third-order valence-electron chi connectivity index (χ3n) is 5.27. The molecule has 0 atom stereocenters. The predicted molar refractivity (Wildman–Crippen MR) is 100 cm³/mol. The van der Waals surface area contributed by atoms with Gasteiger partial charge in [-0.1, -0.05) is 12.1 Å². The summed E-state index contributed by atoms with van der Waals surface area (Å²) < 4.78 is 5.45. The summed E-state index contributed by atoms with van der Waals surface area (Å²) in [7, 11) is 0. The number of hydrogen-bond donors (Lipinski definition) is 0. The summed E-state index contributed by atoms with van der Waals surface area (Å²) in [5, 5.41) is 1.93. The van der Waals surface area contributed by atoms with Gasteiger partial charge in [-0.2, -0.15) is 0 Å². The fourth-order valence-electron chi connectivity index (χ4n) is 4.11. The summed E-state index contributed by atoms with van der Waals surface area (Å²) in [5.74, 6) is 0.195. The molecule has 128 valence electrons. The molecule has 4 heteroatoms. The molecule has 0 unspecified atom stereocenters. The highest BCUT2D eigenvalue weighted by Gasteiger charge is 2.35. The quantitative estimate of drug-likeness (QED) is 0.672. The Balaban J connectivity index is 1.67. The van der Waals surface area contributed by atoms with Crippen molar-refractivity contribution in [1.29, 1.82) is 0 Å². The number of aryl methyl sites for hydroxylation is 2. The van der Waals surface area contributed by atoms with Crippen molar-refractivity contribution in [3.05, 3.63) is 70.8 Å². The van der Waals surface area contributed by atoms with Crippen LogP contribution in [0.2, 0.25) is 0 Å². The third kappa shape index (κ3) is 1.96. The van der Waals surface area contributed by atoms with Gasteiger partial charge in [-0.3, -0.25) is 9.59 Å². The zero-order valence-corrected chi connectivity index (χ0v) is 14.4. The number of hydrogen-bond acceptors (Lipinski definition) is 3. The second-order valence-electron chi connectivity index (χ2n) is 6.67. The number of rotatable bonds is 3. The number of carbonyl (C=O) groups excluding carboxylic acids is 2. The lowest BCUT2D eigenvalue weighted by Crippen LogP contribution is -2.40. The predicted octanol–water partition coefficient (Wildman–Crippen LogP) is 4.14. The van der Waals surface area contributed by atoms with Crippen LogP contribution in [0.3, 0.4) is 0 Å². The molecule has 4 nitrogen and oxygen atoms in total. The molecule has 0 bridgehead atoms. The first-order valence-corrected chi connectivity index (χ1v) is 8.88. The topological polar surface area (TPSA) is 46.6 Å². The zero-order chi connectivity index (χ0) is 17.8. The Labute approximate surface area is 151 Å². The lowest BCUT2D eigenvalue weighted by atomic mass is 9.91. The molecule has 2 aliphatic rings. The molecular formula is C22H17NO3. The molecule has 1 aliphatic carbocycles. The lowest BCUT2D eigenvalue weighted by molar-refractivity contribution is 0.0893. The van der Waals surface area contributed by atoms with Crippen LogP contribution in [0.4, 0.5) is 5.69 Å². The van der Waals surface area contributed by atoms with Crippen LogP contribution in [0, 0.1) is 0 Å².